The first kappa shape index (κ1) is 12.5. The van der Waals surface area contributed by atoms with Gasteiger partial charge in [0.25, 0.3) is 11.7 Å². The van der Waals surface area contributed by atoms with Gasteiger partial charge in [-0.15, -0.1) is 0 Å². The maximum absolute atomic E-state index is 11.8. The molecule has 1 aromatic rings. The summed E-state index contributed by atoms with van der Waals surface area (Å²) in [5.74, 6) is 0.942. The minimum Gasteiger partial charge on any atom is -0.304 e. The molecule has 5 heteroatoms. The molecule has 0 bridgehead atoms. The lowest BCUT2D eigenvalue weighted by Crippen LogP contribution is -2.31. The van der Waals surface area contributed by atoms with Crippen molar-refractivity contribution in [1.82, 2.24) is 0 Å². The number of ketones is 1. The van der Waals surface area contributed by atoms with Gasteiger partial charge in [0.2, 0.25) is 0 Å². The summed E-state index contributed by atoms with van der Waals surface area (Å²) in [6, 6.07) is 4.93. The summed E-state index contributed by atoms with van der Waals surface area (Å²) in [6.07, 6.45) is 0. The Morgan fingerprint density at radius 1 is 1.35 bits per heavy atom. The van der Waals surface area contributed by atoms with Crippen molar-refractivity contribution >= 4 is 40.7 Å². The summed E-state index contributed by atoms with van der Waals surface area (Å²) >= 11 is 7.63. The average Bonchev–Trinajstić information content (AvgIpc) is 2.54. The third-order valence-corrected chi connectivity index (χ3v) is 3.71. The smallest absolute Gasteiger partial charge is 0.299 e. The second kappa shape index (κ2) is 5.10. The fourth-order valence-corrected chi connectivity index (χ4v) is 2.56. The summed E-state index contributed by atoms with van der Waals surface area (Å²) in [4.78, 5) is 25.0. The van der Waals surface area contributed by atoms with Crippen molar-refractivity contribution in [2.45, 2.75) is 6.92 Å². The second-order valence-electron chi connectivity index (χ2n) is 3.64. The molecule has 1 heterocycles. The molecule has 1 aliphatic rings. The van der Waals surface area contributed by atoms with Crippen LogP contribution in [-0.4, -0.2) is 29.7 Å². The molecule has 2 rings (SSSR count). The van der Waals surface area contributed by atoms with Gasteiger partial charge in [0, 0.05) is 17.3 Å². The molecule has 90 valence electrons. The highest BCUT2D eigenvalue weighted by Crippen LogP contribution is 2.31. The molecule has 1 aliphatic heterocycles. The van der Waals surface area contributed by atoms with E-state index < -0.39 is 11.7 Å². The first-order valence-electron chi connectivity index (χ1n) is 5.38. The van der Waals surface area contributed by atoms with E-state index in [1.54, 1.807) is 30.0 Å². The number of carbonyl (C=O) groups excluding carboxylic acids is 2. The van der Waals surface area contributed by atoms with Crippen molar-refractivity contribution in [3.05, 3.63) is 28.8 Å². The number of amides is 1. The molecule has 0 atom stereocenters. The van der Waals surface area contributed by atoms with Crippen LogP contribution in [0, 0.1) is 0 Å². The molecule has 0 fully saturated rings. The molecular formula is C12H12ClNO2S. The van der Waals surface area contributed by atoms with E-state index in [0.717, 1.165) is 11.5 Å². The first-order valence-corrected chi connectivity index (χ1v) is 6.92. The van der Waals surface area contributed by atoms with E-state index in [-0.39, 0.29) is 0 Å². The van der Waals surface area contributed by atoms with E-state index in [1.807, 2.05) is 0 Å². The number of hydrogen-bond acceptors (Lipinski definition) is 3. The van der Waals surface area contributed by atoms with Gasteiger partial charge in [0.1, 0.15) is 0 Å². The molecule has 0 radical (unpaired) electrons. The predicted molar refractivity (Wildman–Crippen MR) is 71.1 cm³/mol. The lowest BCUT2D eigenvalue weighted by Gasteiger charge is -2.15. The van der Waals surface area contributed by atoms with E-state index >= 15 is 0 Å². The van der Waals surface area contributed by atoms with Crippen LogP contribution in [0.1, 0.15) is 17.3 Å². The number of benzene rings is 1. The highest BCUT2D eigenvalue weighted by atomic mass is 35.5. The number of halogens is 1. The van der Waals surface area contributed by atoms with E-state index in [2.05, 4.69) is 6.92 Å². The Bertz CT molecular complexity index is 476. The minimum atomic E-state index is -0.445. The second-order valence-corrected chi connectivity index (χ2v) is 5.47. The number of Topliss-reactive ketones (excluding diaryl/α,β-unsaturated/α-hetero) is 1. The molecule has 0 aromatic heterocycles. The molecule has 0 N–H and O–H groups in total. The fraction of sp³-hybridized carbons (Fsp3) is 0.333. The summed E-state index contributed by atoms with van der Waals surface area (Å²) in [5, 5.41) is 0.541. The standard InChI is InChI=1S/C12H12ClNO2S/c1-2-17-6-5-14-10-7-8(13)3-4-9(10)11(15)12(14)16/h3-4,7H,2,5-6H2,1H3. The van der Waals surface area contributed by atoms with Crippen molar-refractivity contribution in [1.29, 1.82) is 0 Å². The Morgan fingerprint density at radius 3 is 2.82 bits per heavy atom. The van der Waals surface area contributed by atoms with Gasteiger partial charge in [-0.05, 0) is 24.0 Å². The van der Waals surface area contributed by atoms with Crippen molar-refractivity contribution in [3.63, 3.8) is 0 Å². The van der Waals surface area contributed by atoms with Gasteiger partial charge in [-0.2, -0.15) is 11.8 Å². The van der Waals surface area contributed by atoms with E-state index in [9.17, 15) is 9.59 Å². The highest BCUT2D eigenvalue weighted by Gasteiger charge is 2.35. The molecule has 1 amide bonds. The van der Waals surface area contributed by atoms with Gasteiger partial charge >= 0.3 is 0 Å². The summed E-state index contributed by atoms with van der Waals surface area (Å²) in [5.41, 5.74) is 1.10. The summed E-state index contributed by atoms with van der Waals surface area (Å²) in [7, 11) is 0. The van der Waals surface area contributed by atoms with Crippen LogP contribution in [0.25, 0.3) is 0 Å². The van der Waals surface area contributed by atoms with Crippen molar-refractivity contribution in [3.8, 4) is 0 Å². The van der Waals surface area contributed by atoms with Gasteiger partial charge in [-0.1, -0.05) is 18.5 Å². The SMILES string of the molecule is CCSCCN1C(=O)C(=O)c2ccc(Cl)cc21. The highest BCUT2D eigenvalue weighted by molar-refractivity contribution is 7.99. The van der Waals surface area contributed by atoms with E-state index in [1.165, 1.54) is 4.90 Å². The molecule has 17 heavy (non-hydrogen) atoms. The zero-order chi connectivity index (χ0) is 12.4. The van der Waals surface area contributed by atoms with Crippen molar-refractivity contribution in [2.24, 2.45) is 0 Å². The van der Waals surface area contributed by atoms with Crippen LogP contribution in [0.15, 0.2) is 18.2 Å². The van der Waals surface area contributed by atoms with Crippen molar-refractivity contribution < 1.29 is 9.59 Å². The third-order valence-electron chi connectivity index (χ3n) is 2.60. The van der Waals surface area contributed by atoms with Crippen LogP contribution >= 0.6 is 23.4 Å². The number of rotatable bonds is 4. The normalized spacial score (nSPS) is 14.4. The maximum atomic E-state index is 11.8. The zero-order valence-electron chi connectivity index (χ0n) is 9.40. The lowest BCUT2D eigenvalue weighted by molar-refractivity contribution is -0.114. The topological polar surface area (TPSA) is 37.4 Å². The number of fused-ring (bicyclic) bond motifs is 1. The number of nitrogens with zero attached hydrogens (tertiary/aromatic N) is 1. The van der Waals surface area contributed by atoms with Crippen LogP contribution in [0.3, 0.4) is 0 Å². The number of anilines is 1. The zero-order valence-corrected chi connectivity index (χ0v) is 11.0. The van der Waals surface area contributed by atoms with Crippen molar-refractivity contribution in [2.75, 3.05) is 23.0 Å². The first-order chi connectivity index (χ1) is 8.15. The van der Waals surface area contributed by atoms with Crippen LogP contribution in [0.5, 0.6) is 0 Å². The Kier molecular flexibility index (Phi) is 3.74. The largest absolute Gasteiger partial charge is 0.304 e. The molecule has 3 nitrogen and oxygen atoms in total. The van der Waals surface area contributed by atoms with Crippen LogP contribution < -0.4 is 4.90 Å². The molecule has 0 aliphatic carbocycles. The minimum absolute atomic E-state index is 0.432. The monoisotopic (exact) mass is 269 g/mol. The van der Waals surface area contributed by atoms with Crippen LogP contribution in [0.2, 0.25) is 5.02 Å². The number of carbonyl (C=O) groups is 2. The van der Waals surface area contributed by atoms with Gasteiger partial charge in [0.15, 0.2) is 0 Å². The molecule has 0 unspecified atom stereocenters. The van der Waals surface area contributed by atoms with Gasteiger partial charge in [0.05, 0.1) is 11.3 Å². The van der Waals surface area contributed by atoms with E-state index in [4.69, 9.17) is 11.6 Å². The third kappa shape index (κ3) is 2.33. The molecule has 0 spiro atoms. The molecular weight excluding hydrogens is 258 g/mol. The maximum Gasteiger partial charge on any atom is 0.299 e. The van der Waals surface area contributed by atoms with Gasteiger partial charge in [-0.25, -0.2) is 0 Å². The number of thioether (sulfide) groups is 1. The summed E-state index contributed by atoms with van der Waals surface area (Å²) in [6.45, 7) is 2.61. The summed E-state index contributed by atoms with van der Waals surface area (Å²) < 4.78 is 0. The Morgan fingerprint density at radius 2 is 2.12 bits per heavy atom. The molecule has 1 aromatic carbocycles. The van der Waals surface area contributed by atoms with Crippen LogP contribution in [-0.2, 0) is 4.79 Å². The average molecular weight is 270 g/mol. The van der Waals surface area contributed by atoms with Crippen LogP contribution in [0.4, 0.5) is 5.69 Å². The quantitative estimate of drug-likeness (QED) is 0.623. The predicted octanol–water partition coefficient (Wildman–Crippen LogP) is 2.62. The lowest BCUT2D eigenvalue weighted by atomic mass is 10.1. The fourth-order valence-electron chi connectivity index (χ4n) is 1.79. The Labute approximate surface area is 109 Å². The van der Waals surface area contributed by atoms with E-state index in [0.29, 0.717) is 22.8 Å². The van der Waals surface area contributed by atoms with Gasteiger partial charge in [-0.3, -0.25) is 9.59 Å². The Hall–Kier alpha value is -1.00. The molecule has 0 saturated heterocycles. The number of hydrogen-bond donors (Lipinski definition) is 0. The van der Waals surface area contributed by atoms with Gasteiger partial charge < -0.3 is 4.90 Å². The Balaban J connectivity index is 2.26. The molecule has 0 saturated carbocycles.